The van der Waals surface area contributed by atoms with Crippen LogP contribution in [-0.4, -0.2) is 51.1 Å². The van der Waals surface area contributed by atoms with E-state index in [0.717, 1.165) is 18.9 Å². The summed E-state index contributed by atoms with van der Waals surface area (Å²) in [6, 6.07) is 3.82. The smallest absolute Gasteiger partial charge is 0.338 e. The minimum atomic E-state index is -4.04. The molecule has 1 saturated carbocycles. The molecule has 1 aromatic carbocycles. The molecule has 1 aromatic rings. The van der Waals surface area contributed by atoms with E-state index in [0.29, 0.717) is 4.47 Å². The largest absolute Gasteiger partial charge is 0.449 e. The third kappa shape index (κ3) is 4.69. The summed E-state index contributed by atoms with van der Waals surface area (Å²) in [5.74, 6) is -1.22. The van der Waals surface area contributed by atoms with Crippen LogP contribution in [0.15, 0.2) is 23.1 Å². The van der Waals surface area contributed by atoms with Crippen LogP contribution in [0.5, 0.6) is 0 Å². The normalized spacial score (nSPS) is 15.7. The van der Waals surface area contributed by atoms with Crippen molar-refractivity contribution in [1.82, 2.24) is 9.79 Å². The van der Waals surface area contributed by atoms with Crippen molar-refractivity contribution in [2.45, 2.75) is 36.8 Å². The zero-order valence-corrected chi connectivity index (χ0v) is 15.6. The molecule has 0 heterocycles. The minimum absolute atomic E-state index is 0.0430. The fourth-order valence-electron chi connectivity index (χ4n) is 1.89. The van der Waals surface area contributed by atoms with E-state index in [4.69, 9.17) is 16.3 Å². The predicted octanol–water partition coefficient (Wildman–Crippen LogP) is 1.35. The zero-order valence-electron chi connectivity index (χ0n) is 14.0. The van der Waals surface area contributed by atoms with Gasteiger partial charge in [-0.2, -0.15) is 0 Å². The molecule has 138 valence electrons. The summed E-state index contributed by atoms with van der Waals surface area (Å²) < 4.78 is 30.3. The number of hydrogen-bond acceptors (Lipinski definition) is 6. The van der Waals surface area contributed by atoms with E-state index in [1.165, 1.54) is 33.2 Å². The minimum Gasteiger partial charge on any atom is -0.449 e. The van der Waals surface area contributed by atoms with Gasteiger partial charge in [-0.3, -0.25) is 9.63 Å². The van der Waals surface area contributed by atoms with Crippen molar-refractivity contribution < 1.29 is 27.6 Å². The average molecular weight is 391 g/mol. The van der Waals surface area contributed by atoms with E-state index in [2.05, 4.69) is 10.2 Å². The van der Waals surface area contributed by atoms with E-state index in [-0.39, 0.29) is 21.5 Å². The van der Waals surface area contributed by atoms with Gasteiger partial charge in [0.2, 0.25) is 0 Å². The molecular formula is C15H19ClN2O6S. The number of carbonyl (C=O) groups is 2. The lowest BCUT2D eigenvalue weighted by molar-refractivity contribution is -0.129. The van der Waals surface area contributed by atoms with Gasteiger partial charge in [-0.25, -0.2) is 13.2 Å². The summed E-state index contributed by atoms with van der Waals surface area (Å²) >= 11 is 5.93. The third-order valence-corrected chi connectivity index (χ3v) is 5.78. The molecule has 1 amide bonds. The maximum absolute atomic E-state index is 12.3. The van der Waals surface area contributed by atoms with Crippen LogP contribution in [0.1, 0.15) is 30.1 Å². The molecule has 0 radical (unpaired) electrons. The van der Waals surface area contributed by atoms with Gasteiger partial charge in [-0.05, 0) is 38.0 Å². The van der Waals surface area contributed by atoms with Crippen molar-refractivity contribution in [2.24, 2.45) is 0 Å². The first kappa shape index (κ1) is 19.6. The molecule has 1 fully saturated rings. The molecule has 25 heavy (non-hydrogen) atoms. The SMILES string of the molecule is CON(C)S(=O)(=O)c1cc(C(=O)O[C@H](C)C(=O)NC2CC2)ccc1Cl. The Kier molecular flexibility index (Phi) is 6.04. The molecule has 0 saturated heterocycles. The summed E-state index contributed by atoms with van der Waals surface area (Å²) in [4.78, 5) is 28.4. The third-order valence-electron chi connectivity index (χ3n) is 3.62. The Morgan fingerprint density at radius 3 is 2.56 bits per heavy atom. The second kappa shape index (κ2) is 7.69. The molecule has 0 aliphatic heterocycles. The van der Waals surface area contributed by atoms with Crippen LogP contribution in [0.25, 0.3) is 0 Å². The Morgan fingerprint density at radius 1 is 1.36 bits per heavy atom. The monoisotopic (exact) mass is 390 g/mol. The Hall–Kier alpha value is -1.68. The Labute approximate surface area is 151 Å². The van der Waals surface area contributed by atoms with Gasteiger partial charge in [0.1, 0.15) is 4.90 Å². The summed E-state index contributed by atoms with van der Waals surface area (Å²) in [7, 11) is -1.66. The molecule has 0 aromatic heterocycles. The summed E-state index contributed by atoms with van der Waals surface area (Å²) in [5.41, 5.74) is -0.0430. The standard InChI is InChI=1S/C15H19ClN2O6S/c1-9(14(19)17-11-5-6-11)24-15(20)10-4-7-12(16)13(8-10)25(21,22)18(2)23-3/h4,7-9,11H,5-6H2,1-3H3,(H,17,19)/t9-/m1/s1. The summed E-state index contributed by atoms with van der Waals surface area (Å²) in [5, 5.41) is 2.65. The molecule has 8 nitrogen and oxygen atoms in total. The van der Waals surface area contributed by atoms with Crippen LogP contribution >= 0.6 is 11.6 Å². The van der Waals surface area contributed by atoms with E-state index in [1.54, 1.807) is 0 Å². The average Bonchev–Trinajstić information content (AvgIpc) is 3.37. The predicted molar refractivity (Wildman–Crippen MR) is 89.5 cm³/mol. The molecule has 0 spiro atoms. The lowest BCUT2D eigenvalue weighted by Gasteiger charge is -2.16. The van der Waals surface area contributed by atoms with Crippen LogP contribution in [0, 0.1) is 0 Å². The number of hydrogen-bond donors (Lipinski definition) is 1. The van der Waals surface area contributed by atoms with Crippen molar-refractivity contribution in [3.8, 4) is 0 Å². The number of halogens is 1. The van der Waals surface area contributed by atoms with Crippen LogP contribution in [0.3, 0.4) is 0 Å². The molecule has 10 heteroatoms. The lowest BCUT2D eigenvalue weighted by atomic mass is 10.2. The first-order chi connectivity index (χ1) is 11.7. The summed E-state index contributed by atoms with van der Waals surface area (Å²) in [6.07, 6.45) is 0.834. The van der Waals surface area contributed by atoms with E-state index >= 15 is 0 Å². The number of esters is 1. The quantitative estimate of drug-likeness (QED) is 0.557. The number of benzene rings is 1. The molecule has 2 rings (SSSR count). The number of sulfonamides is 1. The Morgan fingerprint density at radius 2 is 2.00 bits per heavy atom. The van der Waals surface area contributed by atoms with Gasteiger partial charge in [-0.15, -0.1) is 0 Å². The van der Waals surface area contributed by atoms with Gasteiger partial charge in [0, 0.05) is 13.1 Å². The fraction of sp³-hybridized carbons (Fsp3) is 0.467. The highest BCUT2D eigenvalue weighted by Crippen LogP contribution is 2.26. The van der Waals surface area contributed by atoms with E-state index in [9.17, 15) is 18.0 Å². The van der Waals surface area contributed by atoms with Gasteiger partial charge < -0.3 is 10.1 Å². The number of hydroxylamine groups is 1. The molecular weight excluding hydrogens is 372 g/mol. The maximum atomic E-state index is 12.3. The second-order valence-corrected chi connectivity index (χ2v) is 7.88. The van der Waals surface area contributed by atoms with Crippen LogP contribution in [-0.2, 0) is 24.4 Å². The molecule has 1 aliphatic rings. The van der Waals surface area contributed by atoms with Crippen LogP contribution in [0.4, 0.5) is 0 Å². The number of nitrogens with one attached hydrogen (secondary N) is 1. The highest BCUT2D eigenvalue weighted by atomic mass is 35.5. The molecule has 1 aliphatic carbocycles. The Balaban J connectivity index is 2.17. The number of amides is 1. The number of rotatable bonds is 7. The number of nitrogens with zero attached hydrogens (tertiary/aromatic N) is 1. The van der Waals surface area contributed by atoms with Crippen molar-refractivity contribution in [2.75, 3.05) is 14.2 Å². The highest BCUT2D eigenvalue weighted by Gasteiger charge is 2.29. The zero-order chi connectivity index (χ0) is 18.8. The lowest BCUT2D eigenvalue weighted by Crippen LogP contribution is -2.37. The van der Waals surface area contributed by atoms with E-state index < -0.39 is 28.0 Å². The van der Waals surface area contributed by atoms with Gasteiger partial charge in [0.15, 0.2) is 6.10 Å². The van der Waals surface area contributed by atoms with E-state index in [1.807, 2.05) is 0 Å². The Bertz CT molecular complexity index is 778. The first-order valence-corrected chi connectivity index (χ1v) is 9.32. The number of carbonyl (C=O) groups excluding carboxylic acids is 2. The van der Waals surface area contributed by atoms with Crippen LogP contribution < -0.4 is 5.32 Å². The van der Waals surface area contributed by atoms with Gasteiger partial charge in [0.25, 0.3) is 15.9 Å². The molecule has 0 bridgehead atoms. The molecule has 1 N–H and O–H groups in total. The maximum Gasteiger partial charge on any atom is 0.338 e. The van der Waals surface area contributed by atoms with Crippen molar-refractivity contribution in [3.05, 3.63) is 28.8 Å². The van der Waals surface area contributed by atoms with Crippen LogP contribution in [0.2, 0.25) is 5.02 Å². The van der Waals surface area contributed by atoms with Gasteiger partial charge >= 0.3 is 5.97 Å². The first-order valence-electron chi connectivity index (χ1n) is 7.50. The van der Waals surface area contributed by atoms with Crippen molar-refractivity contribution >= 4 is 33.5 Å². The van der Waals surface area contributed by atoms with Gasteiger partial charge in [0.05, 0.1) is 17.7 Å². The second-order valence-electron chi connectivity index (χ2n) is 5.57. The number of ether oxygens (including phenoxy) is 1. The van der Waals surface area contributed by atoms with Gasteiger partial charge in [-0.1, -0.05) is 16.1 Å². The topological polar surface area (TPSA) is 102 Å². The molecule has 1 atom stereocenters. The molecule has 0 unspecified atom stereocenters. The van der Waals surface area contributed by atoms with Crippen molar-refractivity contribution in [3.63, 3.8) is 0 Å². The summed E-state index contributed by atoms with van der Waals surface area (Å²) in [6.45, 7) is 1.45. The fourth-order valence-corrected chi connectivity index (χ4v) is 3.37. The van der Waals surface area contributed by atoms with Crippen molar-refractivity contribution in [1.29, 1.82) is 0 Å². The highest BCUT2D eigenvalue weighted by molar-refractivity contribution is 7.89.